The maximum absolute atomic E-state index is 12.1. The van der Waals surface area contributed by atoms with Crippen molar-refractivity contribution in [1.29, 1.82) is 0 Å². The molecule has 136 valence electrons. The smallest absolute Gasteiger partial charge is 0.420 e. The van der Waals surface area contributed by atoms with Gasteiger partial charge in [-0.2, -0.15) is 0 Å². The summed E-state index contributed by atoms with van der Waals surface area (Å²) in [7, 11) is 0. The Balaban J connectivity index is 1.34. The second-order valence-electron chi connectivity index (χ2n) is 5.95. The molecule has 1 N–H and O–H groups in total. The minimum absolute atomic E-state index is 0.105. The van der Waals surface area contributed by atoms with E-state index in [1.54, 1.807) is 30.5 Å². The van der Waals surface area contributed by atoms with Crippen LogP contribution in [0.25, 0.3) is 22.0 Å². The number of hydrogen-bond acceptors (Lipinski definition) is 5. The zero-order valence-corrected chi connectivity index (χ0v) is 14.4. The summed E-state index contributed by atoms with van der Waals surface area (Å²) >= 11 is 0. The van der Waals surface area contributed by atoms with Crippen LogP contribution in [0.1, 0.15) is 0 Å². The molecule has 0 atom stereocenters. The summed E-state index contributed by atoms with van der Waals surface area (Å²) in [5.74, 6) is -0.174. The minimum Gasteiger partial charge on any atom is -0.489 e. The van der Waals surface area contributed by atoms with Gasteiger partial charge >= 0.3 is 5.76 Å². The predicted octanol–water partition coefficient (Wildman–Crippen LogP) is 2.34. The molecule has 4 aromatic rings. The van der Waals surface area contributed by atoms with Gasteiger partial charge in [0.1, 0.15) is 24.4 Å². The summed E-state index contributed by atoms with van der Waals surface area (Å²) in [6.07, 6.45) is 1.71. The molecular formula is C20H17N3O4. The number of nitrogens with zero attached hydrogens (tertiary/aromatic N) is 2. The molecule has 27 heavy (non-hydrogen) atoms. The number of nitrogens with one attached hydrogen (secondary N) is 1. The molecule has 0 unspecified atom stereocenters. The average Bonchev–Trinajstić information content (AvgIpc) is 3.00. The Morgan fingerprint density at radius 3 is 2.89 bits per heavy atom. The molecule has 7 nitrogen and oxygen atoms in total. The molecule has 0 bridgehead atoms. The number of fused-ring (bicyclic) bond motifs is 2. The first-order valence-corrected chi connectivity index (χ1v) is 8.54. The fraction of sp³-hybridized carbons (Fsp3) is 0.150. The Kier molecular flexibility index (Phi) is 4.57. The largest absolute Gasteiger partial charge is 0.489 e. The first kappa shape index (κ1) is 16.8. The Morgan fingerprint density at radius 1 is 1.11 bits per heavy atom. The highest BCUT2D eigenvalue weighted by atomic mass is 16.5. The normalized spacial score (nSPS) is 11.0. The lowest BCUT2D eigenvalue weighted by Gasteiger charge is -2.09. The molecular weight excluding hydrogens is 346 g/mol. The van der Waals surface area contributed by atoms with Crippen molar-refractivity contribution in [3.63, 3.8) is 0 Å². The number of hydrogen-bond donors (Lipinski definition) is 1. The topological polar surface area (TPSA) is 86.4 Å². The number of carbonyl (C=O) groups excluding carboxylic acids is 1. The van der Waals surface area contributed by atoms with Crippen LogP contribution < -0.4 is 15.8 Å². The van der Waals surface area contributed by atoms with E-state index in [-0.39, 0.29) is 12.5 Å². The summed E-state index contributed by atoms with van der Waals surface area (Å²) in [4.78, 5) is 28.4. The van der Waals surface area contributed by atoms with Crippen LogP contribution in [0.5, 0.6) is 5.75 Å². The van der Waals surface area contributed by atoms with E-state index in [0.29, 0.717) is 30.0 Å². The van der Waals surface area contributed by atoms with Crippen molar-refractivity contribution >= 4 is 27.9 Å². The fourth-order valence-electron chi connectivity index (χ4n) is 2.91. The van der Waals surface area contributed by atoms with Crippen molar-refractivity contribution < 1.29 is 13.9 Å². The van der Waals surface area contributed by atoms with Gasteiger partial charge < -0.3 is 14.5 Å². The molecule has 0 spiro atoms. The highest BCUT2D eigenvalue weighted by molar-refractivity contribution is 5.84. The van der Waals surface area contributed by atoms with Crippen molar-refractivity contribution in [3.05, 3.63) is 71.3 Å². The van der Waals surface area contributed by atoms with Crippen LogP contribution in [-0.4, -0.2) is 28.6 Å². The van der Waals surface area contributed by atoms with Crippen LogP contribution in [0.15, 0.2) is 70.0 Å². The first-order valence-electron chi connectivity index (χ1n) is 8.54. The number of oxazole rings is 1. The maximum atomic E-state index is 12.1. The van der Waals surface area contributed by atoms with Crippen molar-refractivity contribution in [1.82, 2.24) is 14.9 Å². The van der Waals surface area contributed by atoms with Crippen LogP contribution in [0.4, 0.5) is 0 Å². The number of para-hydroxylation sites is 3. The number of rotatable bonds is 6. The third kappa shape index (κ3) is 3.52. The average molecular weight is 363 g/mol. The van der Waals surface area contributed by atoms with Gasteiger partial charge in [-0.3, -0.25) is 14.3 Å². The zero-order valence-electron chi connectivity index (χ0n) is 14.4. The van der Waals surface area contributed by atoms with E-state index in [9.17, 15) is 9.59 Å². The number of ether oxygens (including phenoxy) is 1. The van der Waals surface area contributed by atoms with E-state index in [0.717, 1.165) is 10.9 Å². The first-order chi connectivity index (χ1) is 13.2. The Hall–Kier alpha value is -3.61. The lowest BCUT2D eigenvalue weighted by Crippen LogP contribution is -2.33. The number of aromatic nitrogens is 2. The van der Waals surface area contributed by atoms with Crippen LogP contribution in [-0.2, 0) is 11.3 Å². The summed E-state index contributed by atoms with van der Waals surface area (Å²) in [5.41, 5.74) is 1.83. The van der Waals surface area contributed by atoms with Crippen LogP contribution in [0.3, 0.4) is 0 Å². The van der Waals surface area contributed by atoms with Gasteiger partial charge in [-0.05, 0) is 24.3 Å². The monoisotopic (exact) mass is 363 g/mol. The van der Waals surface area contributed by atoms with Gasteiger partial charge in [0.15, 0.2) is 5.58 Å². The number of carbonyl (C=O) groups is 1. The molecule has 0 radical (unpaired) electrons. The lowest BCUT2D eigenvalue weighted by molar-refractivity contribution is -0.121. The third-order valence-electron chi connectivity index (χ3n) is 4.15. The molecule has 2 aromatic heterocycles. The molecule has 1 amide bonds. The summed E-state index contributed by atoms with van der Waals surface area (Å²) in [6.45, 7) is 0.501. The van der Waals surface area contributed by atoms with Gasteiger partial charge in [0.2, 0.25) is 5.91 Å². The van der Waals surface area contributed by atoms with Gasteiger partial charge in [-0.15, -0.1) is 0 Å². The third-order valence-corrected chi connectivity index (χ3v) is 4.15. The van der Waals surface area contributed by atoms with Crippen molar-refractivity contribution in [2.24, 2.45) is 0 Å². The molecule has 2 heterocycles. The van der Waals surface area contributed by atoms with E-state index < -0.39 is 5.76 Å². The fourth-order valence-corrected chi connectivity index (χ4v) is 2.91. The molecule has 7 heteroatoms. The lowest BCUT2D eigenvalue weighted by atomic mass is 10.2. The molecule has 0 saturated heterocycles. The van der Waals surface area contributed by atoms with E-state index >= 15 is 0 Å². The zero-order chi connectivity index (χ0) is 18.6. The molecule has 2 aromatic carbocycles. The van der Waals surface area contributed by atoms with Gasteiger partial charge in [0.05, 0.1) is 12.1 Å². The minimum atomic E-state index is -0.551. The second kappa shape index (κ2) is 7.33. The van der Waals surface area contributed by atoms with E-state index in [1.807, 2.05) is 30.3 Å². The van der Waals surface area contributed by atoms with Crippen molar-refractivity contribution in [2.75, 3.05) is 13.2 Å². The molecule has 4 rings (SSSR count). The highest BCUT2D eigenvalue weighted by Gasteiger charge is 2.12. The van der Waals surface area contributed by atoms with Gasteiger partial charge in [-0.25, -0.2) is 4.79 Å². The second-order valence-corrected chi connectivity index (χ2v) is 5.95. The van der Waals surface area contributed by atoms with E-state index in [2.05, 4.69) is 10.3 Å². The Labute approximate surface area is 154 Å². The van der Waals surface area contributed by atoms with E-state index in [4.69, 9.17) is 9.15 Å². The van der Waals surface area contributed by atoms with Crippen LogP contribution in [0.2, 0.25) is 0 Å². The maximum Gasteiger partial charge on any atom is 0.420 e. The molecule has 0 aliphatic rings. The van der Waals surface area contributed by atoms with Gasteiger partial charge in [0.25, 0.3) is 0 Å². The summed E-state index contributed by atoms with van der Waals surface area (Å²) in [5, 5.41) is 3.74. The molecule has 0 aliphatic heterocycles. The predicted molar refractivity (Wildman–Crippen MR) is 101 cm³/mol. The molecule has 0 fully saturated rings. The highest BCUT2D eigenvalue weighted by Crippen LogP contribution is 2.22. The Morgan fingerprint density at radius 2 is 1.96 bits per heavy atom. The van der Waals surface area contributed by atoms with Gasteiger partial charge in [0, 0.05) is 11.6 Å². The van der Waals surface area contributed by atoms with Crippen molar-refractivity contribution in [2.45, 2.75) is 6.54 Å². The van der Waals surface area contributed by atoms with Crippen molar-refractivity contribution in [3.8, 4) is 5.75 Å². The number of pyridine rings is 1. The summed E-state index contributed by atoms with van der Waals surface area (Å²) < 4.78 is 12.2. The summed E-state index contributed by atoms with van der Waals surface area (Å²) in [6, 6.07) is 16.5. The molecule has 0 saturated carbocycles. The SMILES string of the molecule is O=C(Cn1c(=O)oc2ccccc21)NCCOc1cccc2cccnc12. The van der Waals surface area contributed by atoms with E-state index in [1.165, 1.54) is 4.57 Å². The Bertz CT molecular complexity index is 1160. The standard InChI is InChI=1S/C20H17N3O4/c24-18(13-23-15-7-1-2-8-16(15)27-20(23)25)21-11-12-26-17-9-3-5-14-6-4-10-22-19(14)17/h1-10H,11-13H2,(H,21,24). The quantitative estimate of drug-likeness (QED) is 0.532. The molecule has 0 aliphatic carbocycles. The number of benzene rings is 2. The van der Waals surface area contributed by atoms with Crippen LogP contribution >= 0.6 is 0 Å². The van der Waals surface area contributed by atoms with Gasteiger partial charge in [-0.1, -0.05) is 30.3 Å². The van der Waals surface area contributed by atoms with Crippen LogP contribution in [0, 0.1) is 0 Å². The number of amides is 1.